The quantitative estimate of drug-likeness (QED) is 0.448. The Kier molecular flexibility index (Phi) is 5.47. The zero-order chi connectivity index (χ0) is 20.1. The van der Waals surface area contributed by atoms with Gasteiger partial charge in [-0.1, -0.05) is 30.3 Å². The van der Waals surface area contributed by atoms with Crippen molar-refractivity contribution in [1.29, 1.82) is 0 Å². The van der Waals surface area contributed by atoms with Crippen molar-refractivity contribution in [1.82, 2.24) is 19.9 Å². The van der Waals surface area contributed by atoms with Crippen molar-refractivity contribution in [2.75, 3.05) is 12.4 Å². The smallest absolute Gasteiger partial charge is 0.319 e. The molecule has 7 heteroatoms. The Labute approximate surface area is 168 Å². The minimum Gasteiger partial charge on any atom is -0.495 e. The molecule has 0 bridgehead atoms. The summed E-state index contributed by atoms with van der Waals surface area (Å²) in [6.07, 6.45) is 6.42. The summed E-state index contributed by atoms with van der Waals surface area (Å²) in [5.41, 5.74) is 2.83. The summed E-state index contributed by atoms with van der Waals surface area (Å²) in [5.74, 6) is 1.42. The van der Waals surface area contributed by atoms with Gasteiger partial charge in [0.25, 0.3) is 0 Å². The average Bonchev–Trinajstić information content (AvgIpc) is 3.41. The number of carbonyl (C=O) groups is 1. The molecular weight excluding hydrogens is 366 g/mol. The third-order valence-electron chi connectivity index (χ3n) is 4.85. The molecule has 2 heterocycles. The number of nitrogens with zero attached hydrogens (tertiary/aromatic N) is 2. The van der Waals surface area contributed by atoms with Gasteiger partial charge in [0.05, 0.1) is 19.3 Å². The van der Waals surface area contributed by atoms with E-state index >= 15 is 0 Å². The maximum Gasteiger partial charge on any atom is 0.319 e. The number of hydrogen-bond donors (Lipinski definition) is 3. The number of ether oxygens (including phenoxy) is 1. The number of aromatic nitrogens is 3. The van der Waals surface area contributed by atoms with Gasteiger partial charge in [0.15, 0.2) is 0 Å². The molecule has 0 fully saturated rings. The fourth-order valence-corrected chi connectivity index (χ4v) is 3.33. The lowest BCUT2D eigenvalue weighted by atomic mass is 10.1. The van der Waals surface area contributed by atoms with E-state index in [1.807, 2.05) is 48.8 Å². The van der Waals surface area contributed by atoms with Crippen molar-refractivity contribution < 1.29 is 9.53 Å². The number of methoxy groups -OCH3 is 1. The highest BCUT2D eigenvalue weighted by molar-refractivity contribution is 6.03. The Morgan fingerprint density at radius 1 is 1.17 bits per heavy atom. The van der Waals surface area contributed by atoms with Crippen LogP contribution in [-0.2, 0) is 19.5 Å². The summed E-state index contributed by atoms with van der Waals surface area (Å²) >= 11 is 0. The number of nitrogens with one attached hydrogen (secondary N) is 3. The van der Waals surface area contributed by atoms with Crippen molar-refractivity contribution in [2.24, 2.45) is 0 Å². The molecular formula is C22H23N5O2. The number of imidazole rings is 1. The Hall–Kier alpha value is -3.74. The normalized spacial score (nSPS) is 10.8. The Morgan fingerprint density at radius 3 is 2.86 bits per heavy atom. The number of benzene rings is 2. The standard InChI is InChI=1S/C22H23N5O2/c1-29-19-8-7-18-17(9-11-23-18)21(19)26-22(28)25-15-20-24-12-14-27(20)13-10-16-5-3-2-4-6-16/h2-9,11-12,14,23H,10,13,15H2,1H3,(H2,25,26,28). The maximum absolute atomic E-state index is 12.5. The first-order valence-corrected chi connectivity index (χ1v) is 9.47. The summed E-state index contributed by atoms with van der Waals surface area (Å²) in [4.78, 5) is 20.0. The number of H-pyrrole nitrogens is 1. The van der Waals surface area contributed by atoms with Crippen LogP contribution in [0.4, 0.5) is 10.5 Å². The second kappa shape index (κ2) is 8.52. The second-order valence-corrected chi connectivity index (χ2v) is 6.66. The number of rotatable bonds is 7. The van der Waals surface area contributed by atoms with Crippen molar-refractivity contribution >= 4 is 22.6 Å². The summed E-state index contributed by atoms with van der Waals surface area (Å²) in [5, 5.41) is 6.67. The van der Waals surface area contributed by atoms with E-state index in [0.717, 1.165) is 29.7 Å². The van der Waals surface area contributed by atoms with Crippen LogP contribution in [0.25, 0.3) is 10.9 Å². The molecule has 3 N–H and O–H groups in total. The fourth-order valence-electron chi connectivity index (χ4n) is 3.33. The molecule has 2 aromatic heterocycles. The van der Waals surface area contributed by atoms with Gasteiger partial charge in [0.2, 0.25) is 0 Å². The van der Waals surface area contributed by atoms with Crippen LogP contribution in [0, 0.1) is 0 Å². The molecule has 0 aliphatic carbocycles. The molecule has 7 nitrogen and oxygen atoms in total. The summed E-state index contributed by atoms with van der Waals surface area (Å²) in [7, 11) is 1.58. The molecule has 0 aliphatic rings. The van der Waals surface area contributed by atoms with E-state index in [9.17, 15) is 4.79 Å². The number of amides is 2. The maximum atomic E-state index is 12.5. The van der Waals surface area contributed by atoms with E-state index in [2.05, 4.69) is 37.3 Å². The molecule has 2 aromatic carbocycles. The highest BCUT2D eigenvalue weighted by Gasteiger charge is 2.13. The van der Waals surface area contributed by atoms with Crippen LogP contribution in [-0.4, -0.2) is 27.7 Å². The first kappa shape index (κ1) is 18.6. The number of aryl methyl sites for hydroxylation is 2. The van der Waals surface area contributed by atoms with E-state index in [4.69, 9.17) is 4.74 Å². The number of hydrogen-bond acceptors (Lipinski definition) is 3. The minimum absolute atomic E-state index is 0.311. The first-order chi connectivity index (χ1) is 14.2. The molecule has 0 atom stereocenters. The summed E-state index contributed by atoms with van der Waals surface area (Å²) < 4.78 is 7.45. The predicted molar refractivity (Wildman–Crippen MR) is 113 cm³/mol. The van der Waals surface area contributed by atoms with Crippen LogP contribution in [0.15, 0.2) is 67.1 Å². The molecule has 148 valence electrons. The minimum atomic E-state index is -0.311. The predicted octanol–water partition coefficient (Wildman–Crippen LogP) is 3.94. The summed E-state index contributed by atoms with van der Waals surface area (Å²) in [6.45, 7) is 1.14. The largest absolute Gasteiger partial charge is 0.495 e. The van der Waals surface area contributed by atoms with Crippen molar-refractivity contribution in [3.05, 3.63) is 78.5 Å². The third kappa shape index (κ3) is 4.24. The van der Waals surface area contributed by atoms with E-state index in [-0.39, 0.29) is 6.03 Å². The fraction of sp³-hybridized carbons (Fsp3) is 0.182. The van der Waals surface area contributed by atoms with E-state index in [0.29, 0.717) is 18.0 Å². The zero-order valence-corrected chi connectivity index (χ0v) is 16.2. The Morgan fingerprint density at radius 2 is 2.03 bits per heavy atom. The molecule has 0 spiro atoms. The highest BCUT2D eigenvalue weighted by Crippen LogP contribution is 2.32. The van der Waals surface area contributed by atoms with Crippen LogP contribution in [0.3, 0.4) is 0 Å². The second-order valence-electron chi connectivity index (χ2n) is 6.66. The topological polar surface area (TPSA) is 84.0 Å². The van der Waals surface area contributed by atoms with Gasteiger partial charge < -0.3 is 24.9 Å². The summed E-state index contributed by atoms with van der Waals surface area (Å²) in [6, 6.07) is 15.6. The van der Waals surface area contributed by atoms with E-state index in [1.165, 1.54) is 5.56 Å². The Balaban J connectivity index is 1.39. The molecule has 0 saturated heterocycles. The lowest BCUT2D eigenvalue weighted by Gasteiger charge is -2.13. The van der Waals surface area contributed by atoms with Gasteiger partial charge >= 0.3 is 6.03 Å². The number of urea groups is 1. The molecule has 0 aliphatic heterocycles. The third-order valence-corrected chi connectivity index (χ3v) is 4.85. The molecule has 0 saturated carbocycles. The highest BCUT2D eigenvalue weighted by atomic mass is 16.5. The van der Waals surface area contributed by atoms with E-state index in [1.54, 1.807) is 13.3 Å². The molecule has 4 aromatic rings. The van der Waals surface area contributed by atoms with Gasteiger partial charge in [0.1, 0.15) is 11.6 Å². The lowest BCUT2D eigenvalue weighted by molar-refractivity contribution is 0.251. The number of carbonyl (C=O) groups excluding carboxylic acids is 1. The zero-order valence-electron chi connectivity index (χ0n) is 16.2. The molecule has 4 rings (SSSR count). The SMILES string of the molecule is COc1ccc2[nH]ccc2c1NC(=O)NCc1nccn1CCc1ccccc1. The molecule has 29 heavy (non-hydrogen) atoms. The van der Waals surface area contributed by atoms with Crippen molar-refractivity contribution in [2.45, 2.75) is 19.5 Å². The Bertz CT molecular complexity index is 1100. The molecule has 0 radical (unpaired) electrons. The van der Waals surface area contributed by atoms with Gasteiger partial charge in [-0.2, -0.15) is 0 Å². The van der Waals surface area contributed by atoms with Crippen LogP contribution >= 0.6 is 0 Å². The van der Waals surface area contributed by atoms with Crippen molar-refractivity contribution in [3.63, 3.8) is 0 Å². The van der Waals surface area contributed by atoms with Crippen LogP contribution in [0.1, 0.15) is 11.4 Å². The van der Waals surface area contributed by atoms with E-state index < -0.39 is 0 Å². The van der Waals surface area contributed by atoms with Crippen molar-refractivity contribution in [3.8, 4) is 5.75 Å². The van der Waals surface area contributed by atoms with Gasteiger partial charge in [-0.3, -0.25) is 0 Å². The molecule has 0 unspecified atom stereocenters. The van der Waals surface area contributed by atoms with Gasteiger partial charge in [-0.25, -0.2) is 9.78 Å². The van der Waals surface area contributed by atoms with Gasteiger partial charge in [-0.15, -0.1) is 0 Å². The van der Waals surface area contributed by atoms with Crippen LogP contribution in [0.5, 0.6) is 5.75 Å². The lowest BCUT2D eigenvalue weighted by Crippen LogP contribution is -2.29. The number of aromatic amines is 1. The monoisotopic (exact) mass is 389 g/mol. The van der Waals surface area contributed by atoms with Gasteiger partial charge in [-0.05, 0) is 30.2 Å². The number of anilines is 1. The van der Waals surface area contributed by atoms with Crippen LogP contribution < -0.4 is 15.4 Å². The van der Waals surface area contributed by atoms with Crippen LogP contribution in [0.2, 0.25) is 0 Å². The number of fused-ring (bicyclic) bond motifs is 1. The first-order valence-electron chi connectivity index (χ1n) is 9.47. The average molecular weight is 389 g/mol. The molecule has 2 amide bonds. The van der Waals surface area contributed by atoms with Gasteiger partial charge in [0, 0.05) is 36.0 Å².